The molecule has 0 unspecified atom stereocenters. The summed E-state index contributed by atoms with van der Waals surface area (Å²) in [5, 5.41) is 12.0. The molecule has 0 fully saturated rings. The number of aromatic nitrogens is 2. The summed E-state index contributed by atoms with van der Waals surface area (Å²) in [5.41, 5.74) is 1.74. The fourth-order valence-corrected chi connectivity index (χ4v) is 2.92. The lowest BCUT2D eigenvalue weighted by Crippen LogP contribution is -2.46. The fraction of sp³-hybridized carbons (Fsp3) is 0.150. The van der Waals surface area contributed by atoms with Crippen LogP contribution in [0, 0.1) is 5.82 Å². The number of nitrogens with zero attached hydrogens (tertiary/aromatic N) is 1. The van der Waals surface area contributed by atoms with Gasteiger partial charge < -0.3 is 15.4 Å². The van der Waals surface area contributed by atoms with Crippen LogP contribution in [0.5, 0.6) is 5.75 Å². The van der Waals surface area contributed by atoms with Gasteiger partial charge >= 0.3 is 0 Å². The summed E-state index contributed by atoms with van der Waals surface area (Å²) < 4.78 is 19.4. The first-order valence-corrected chi connectivity index (χ1v) is 8.71. The van der Waals surface area contributed by atoms with Gasteiger partial charge in [-0.2, -0.15) is 5.10 Å². The molecule has 0 spiro atoms. The van der Waals surface area contributed by atoms with E-state index < -0.39 is 11.9 Å². The number of anilines is 1. The number of amides is 2. The molecule has 2 amide bonds. The van der Waals surface area contributed by atoms with E-state index in [1.54, 1.807) is 42.5 Å². The maximum atomic E-state index is 13.8. The van der Waals surface area contributed by atoms with Gasteiger partial charge in [0.25, 0.3) is 11.8 Å². The number of benzene rings is 2. The highest BCUT2D eigenvalue weighted by Crippen LogP contribution is 2.26. The molecule has 8 heteroatoms. The average Bonchev–Trinajstić information content (AvgIpc) is 3.10. The minimum absolute atomic E-state index is 0.00108. The van der Waals surface area contributed by atoms with Gasteiger partial charge in [-0.3, -0.25) is 14.7 Å². The highest BCUT2D eigenvalue weighted by Gasteiger charge is 2.27. The number of fused-ring (bicyclic) bond motifs is 1. The molecule has 0 saturated carbocycles. The molecule has 3 N–H and O–H groups in total. The number of rotatable bonds is 4. The Morgan fingerprint density at radius 3 is 2.86 bits per heavy atom. The van der Waals surface area contributed by atoms with Crippen LogP contribution in [-0.4, -0.2) is 34.7 Å². The number of carbonyl (C=O) groups excluding carboxylic acids is 2. The summed E-state index contributed by atoms with van der Waals surface area (Å²) in [7, 11) is 0. The molecule has 0 saturated heterocycles. The molecule has 3 aromatic rings. The first kappa shape index (κ1) is 17.7. The maximum absolute atomic E-state index is 13.8. The number of hydrogen-bond acceptors (Lipinski definition) is 4. The van der Waals surface area contributed by atoms with Gasteiger partial charge in [0.1, 0.15) is 29.9 Å². The van der Waals surface area contributed by atoms with Crippen LogP contribution in [0.15, 0.2) is 54.6 Å². The van der Waals surface area contributed by atoms with E-state index in [-0.39, 0.29) is 30.4 Å². The van der Waals surface area contributed by atoms with Crippen LogP contribution in [-0.2, 0) is 11.2 Å². The minimum Gasteiger partial charge on any atom is -0.489 e. The Labute approximate surface area is 159 Å². The van der Waals surface area contributed by atoms with Crippen molar-refractivity contribution in [3.05, 3.63) is 77.4 Å². The van der Waals surface area contributed by atoms with Crippen molar-refractivity contribution in [2.24, 2.45) is 0 Å². The second-order valence-corrected chi connectivity index (χ2v) is 6.37. The van der Waals surface area contributed by atoms with Gasteiger partial charge in [0.2, 0.25) is 0 Å². The lowest BCUT2D eigenvalue weighted by molar-refractivity contribution is -0.118. The van der Waals surface area contributed by atoms with Crippen molar-refractivity contribution < 1.29 is 18.7 Å². The first-order chi connectivity index (χ1) is 13.6. The molecule has 0 aliphatic carbocycles. The molecule has 142 valence electrons. The highest BCUT2D eigenvalue weighted by molar-refractivity contribution is 6.01. The van der Waals surface area contributed by atoms with Crippen LogP contribution in [0.1, 0.15) is 21.7 Å². The number of para-hydroxylation sites is 2. The van der Waals surface area contributed by atoms with E-state index >= 15 is 0 Å². The molecule has 0 radical (unpaired) electrons. The lowest BCUT2D eigenvalue weighted by atomic mass is 10.1. The molecular formula is C20H17FN4O3. The molecule has 4 rings (SSSR count). The van der Waals surface area contributed by atoms with Crippen LogP contribution in [0.3, 0.4) is 0 Å². The van der Waals surface area contributed by atoms with E-state index in [0.29, 0.717) is 22.7 Å². The van der Waals surface area contributed by atoms with Gasteiger partial charge in [-0.1, -0.05) is 30.3 Å². The van der Waals surface area contributed by atoms with Gasteiger partial charge in [0, 0.05) is 12.1 Å². The number of ether oxygens (including phenoxy) is 1. The normalized spacial score (nSPS) is 15.8. The molecule has 1 aliphatic heterocycles. The Hall–Kier alpha value is -3.68. The first-order valence-electron chi connectivity index (χ1n) is 8.71. The van der Waals surface area contributed by atoms with Gasteiger partial charge in [0.15, 0.2) is 0 Å². The Bertz CT molecular complexity index is 1030. The number of halogens is 1. The largest absolute Gasteiger partial charge is 0.489 e. The number of carbonyl (C=O) groups is 2. The van der Waals surface area contributed by atoms with Gasteiger partial charge in [0.05, 0.1) is 5.69 Å². The Morgan fingerprint density at radius 2 is 2.00 bits per heavy atom. The van der Waals surface area contributed by atoms with E-state index in [4.69, 9.17) is 4.74 Å². The van der Waals surface area contributed by atoms with Crippen molar-refractivity contribution in [3.63, 3.8) is 0 Å². The van der Waals surface area contributed by atoms with Crippen LogP contribution in [0.25, 0.3) is 0 Å². The smallest absolute Gasteiger partial charge is 0.272 e. The number of nitrogens with one attached hydrogen (secondary N) is 3. The van der Waals surface area contributed by atoms with Crippen LogP contribution in [0.2, 0.25) is 0 Å². The SMILES string of the molecule is O=C(N[C@@H]1COc2ccccc2NC1=O)c1cc(Cc2ccccc2F)[nH]n1. The zero-order chi connectivity index (χ0) is 19.5. The zero-order valence-electron chi connectivity index (χ0n) is 14.7. The summed E-state index contributed by atoms with van der Waals surface area (Å²) in [6.07, 6.45) is 0.273. The molecular weight excluding hydrogens is 363 g/mol. The molecule has 1 atom stereocenters. The lowest BCUT2D eigenvalue weighted by Gasteiger charge is -2.13. The molecule has 1 aromatic heterocycles. The van der Waals surface area contributed by atoms with Crippen molar-refractivity contribution >= 4 is 17.5 Å². The second-order valence-electron chi connectivity index (χ2n) is 6.37. The van der Waals surface area contributed by atoms with E-state index in [9.17, 15) is 14.0 Å². The average molecular weight is 380 g/mol. The molecule has 0 bridgehead atoms. The van der Waals surface area contributed by atoms with E-state index in [1.165, 1.54) is 12.1 Å². The summed E-state index contributed by atoms with van der Waals surface area (Å²) in [4.78, 5) is 24.8. The van der Waals surface area contributed by atoms with Gasteiger partial charge in [-0.05, 0) is 29.8 Å². The third kappa shape index (κ3) is 3.71. The van der Waals surface area contributed by atoms with Gasteiger partial charge in [-0.15, -0.1) is 0 Å². The second kappa shape index (κ2) is 7.51. The maximum Gasteiger partial charge on any atom is 0.272 e. The third-order valence-corrected chi connectivity index (χ3v) is 4.37. The molecule has 28 heavy (non-hydrogen) atoms. The van der Waals surface area contributed by atoms with Gasteiger partial charge in [-0.25, -0.2) is 4.39 Å². The minimum atomic E-state index is -0.869. The van der Waals surface area contributed by atoms with Crippen LogP contribution in [0.4, 0.5) is 10.1 Å². The van der Waals surface area contributed by atoms with Crippen LogP contribution >= 0.6 is 0 Å². The molecule has 2 heterocycles. The predicted molar refractivity (Wildman–Crippen MR) is 99.6 cm³/mol. The summed E-state index contributed by atoms with van der Waals surface area (Å²) in [5.74, 6) is -0.680. The fourth-order valence-electron chi connectivity index (χ4n) is 2.92. The Kier molecular flexibility index (Phi) is 4.76. The van der Waals surface area contributed by atoms with Crippen molar-refractivity contribution in [1.82, 2.24) is 15.5 Å². The topological polar surface area (TPSA) is 96.1 Å². The quantitative estimate of drug-likeness (QED) is 0.647. The summed E-state index contributed by atoms with van der Waals surface area (Å²) in [6.45, 7) is 0.00108. The molecule has 1 aliphatic rings. The summed E-state index contributed by atoms with van der Waals surface area (Å²) >= 11 is 0. The molecule has 2 aromatic carbocycles. The Morgan fingerprint density at radius 1 is 1.21 bits per heavy atom. The monoisotopic (exact) mass is 380 g/mol. The Balaban J connectivity index is 1.42. The third-order valence-electron chi connectivity index (χ3n) is 4.37. The van der Waals surface area contributed by atoms with E-state index in [0.717, 1.165) is 0 Å². The highest BCUT2D eigenvalue weighted by atomic mass is 19.1. The number of H-pyrrole nitrogens is 1. The number of aromatic amines is 1. The zero-order valence-corrected chi connectivity index (χ0v) is 14.7. The van der Waals surface area contributed by atoms with E-state index in [2.05, 4.69) is 20.8 Å². The predicted octanol–water partition coefficient (Wildman–Crippen LogP) is 2.27. The summed E-state index contributed by atoms with van der Waals surface area (Å²) in [6, 6.07) is 14.1. The van der Waals surface area contributed by atoms with Crippen molar-refractivity contribution in [2.75, 3.05) is 11.9 Å². The number of hydrogen-bond donors (Lipinski definition) is 3. The molecule has 7 nitrogen and oxygen atoms in total. The standard InChI is InChI=1S/C20H17FN4O3/c21-14-6-2-1-5-12(14)9-13-10-16(25-24-13)19(26)23-17-11-28-18-8-4-3-7-15(18)22-20(17)27/h1-8,10,17H,9,11H2,(H,22,27)(H,23,26)(H,24,25)/t17-/m1/s1. The van der Waals surface area contributed by atoms with Crippen LogP contribution < -0.4 is 15.4 Å². The van der Waals surface area contributed by atoms with E-state index in [1.807, 2.05) is 0 Å². The van der Waals surface area contributed by atoms with Crippen molar-refractivity contribution in [2.45, 2.75) is 12.5 Å². The van der Waals surface area contributed by atoms with Crippen molar-refractivity contribution in [3.8, 4) is 5.75 Å². The van der Waals surface area contributed by atoms with Crippen molar-refractivity contribution in [1.29, 1.82) is 0 Å².